The van der Waals surface area contributed by atoms with E-state index in [9.17, 15) is 14.4 Å². The Bertz CT molecular complexity index is 1030. The van der Waals surface area contributed by atoms with Crippen LogP contribution in [0.25, 0.3) is 0 Å². The lowest BCUT2D eigenvalue weighted by Crippen LogP contribution is -2.48. The Balaban J connectivity index is 1.45. The molecule has 0 spiro atoms. The van der Waals surface area contributed by atoms with Crippen LogP contribution in [0.5, 0.6) is 0 Å². The van der Waals surface area contributed by atoms with Crippen LogP contribution >= 0.6 is 11.3 Å². The Hall–Kier alpha value is -3.20. The van der Waals surface area contributed by atoms with Gasteiger partial charge in [-0.1, -0.05) is 38.3 Å². The van der Waals surface area contributed by atoms with E-state index in [4.69, 9.17) is 11.1 Å². The first kappa shape index (κ1) is 26.4. The third-order valence-electron chi connectivity index (χ3n) is 6.21. The highest BCUT2D eigenvalue weighted by Gasteiger charge is 2.33. The quantitative estimate of drug-likeness (QED) is 0.204. The maximum Gasteiger partial charge on any atom is 0.251 e. The van der Waals surface area contributed by atoms with Crippen LogP contribution < -0.4 is 16.4 Å². The maximum absolute atomic E-state index is 12.8. The van der Waals surface area contributed by atoms with Gasteiger partial charge < -0.3 is 21.3 Å². The monoisotopic (exact) mass is 497 g/mol. The van der Waals surface area contributed by atoms with E-state index in [1.807, 2.05) is 12.1 Å². The van der Waals surface area contributed by atoms with Crippen LogP contribution in [0, 0.1) is 5.41 Å². The van der Waals surface area contributed by atoms with Crippen LogP contribution in [0.1, 0.15) is 71.8 Å². The molecule has 1 aliphatic rings. The molecule has 0 bridgehead atoms. The molecule has 188 valence electrons. The van der Waals surface area contributed by atoms with Gasteiger partial charge in [-0.05, 0) is 49.4 Å². The van der Waals surface area contributed by atoms with Crippen LogP contribution in [0.2, 0.25) is 0 Å². The number of likely N-dealkylation sites (tertiary alicyclic amines) is 1. The second-order valence-corrected chi connectivity index (χ2v) is 9.86. The summed E-state index contributed by atoms with van der Waals surface area (Å²) >= 11 is 1.42. The summed E-state index contributed by atoms with van der Waals surface area (Å²) < 4.78 is 0. The molecule has 1 aliphatic heterocycles. The van der Waals surface area contributed by atoms with Crippen molar-refractivity contribution >= 4 is 34.9 Å². The average molecular weight is 498 g/mol. The minimum atomic E-state index is -0.543. The van der Waals surface area contributed by atoms with E-state index in [-0.39, 0.29) is 30.1 Å². The molecule has 8 nitrogen and oxygen atoms in total. The standard InChI is InChI=1S/C26H35N5O3S/c1-2-3-4-5-7-18-9-11-19(12-10-18)25(33)30-16-23(32)31-13-6-8-22(31)26(34)29-15-21-14-20(17-35-21)24(27)28/h9-12,14,17,22H,2-8,13,15-16H2,1H3,(H3,27,28)(H,29,34)(H,30,33)/t22-/m0/s1. The number of benzene rings is 1. The number of nitrogen functional groups attached to an aromatic ring is 1. The lowest BCUT2D eigenvalue weighted by Gasteiger charge is -2.24. The van der Waals surface area contributed by atoms with Gasteiger partial charge >= 0.3 is 0 Å². The number of rotatable bonds is 12. The van der Waals surface area contributed by atoms with E-state index < -0.39 is 6.04 Å². The molecule has 1 aromatic carbocycles. The predicted molar refractivity (Wildman–Crippen MR) is 139 cm³/mol. The summed E-state index contributed by atoms with van der Waals surface area (Å²) in [5.74, 6) is -0.783. The minimum absolute atomic E-state index is 0.00760. The van der Waals surface area contributed by atoms with Crippen molar-refractivity contribution in [3.8, 4) is 0 Å². The molecular weight excluding hydrogens is 462 g/mol. The number of nitrogens with zero attached hydrogens (tertiary/aromatic N) is 1. The van der Waals surface area contributed by atoms with Crippen molar-refractivity contribution in [2.45, 2.75) is 64.5 Å². The molecule has 0 unspecified atom stereocenters. The Morgan fingerprint density at radius 2 is 1.89 bits per heavy atom. The summed E-state index contributed by atoms with van der Waals surface area (Å²) in [6.07, 6.45) is 7.14. The minimum Gasteiger partial charge on any atom is -0.384 e. The Morgan fingerprint density at radius 3 is 2.57 bits per heavy atom. The number of carbonyl (C=O) groups is 3. The van der Waals surface area contributed by atoms with E-state index in [1.54, 1.807) is 28.5 Å². The molecule has 2 heterocycles. The molecule has 1 saturated heterocycles. The first-order valence-corrected chi connectivity index (χ1v) is 13.1. The van der Waals surface area contributed by atoms with Gasteiger partial charge in [0.1, 0.15) is 11.9 Å². The van der Waals surface area contributed by atoms with Crippen molar-refractivity contribution in [1.29, 1.82) is 5.41 Å². The molecule has 1 atom stereocenters. The van der Waals surface area contributed by atoms with E-state index in [1.165, 1.54) is 36.2 Å². The number of hydrogen-bond donors (Lipinski definition) is 4. The number of nitrogens with one attached hydrogen (secondary N) is 3. The van der Waals surface area contributed by atoms with Crippen LogP contribution in [-0.4, -0.2) is 47.6 Å². The summed E-state index contributed by atoms with van der Waals surface area (Å²) in [7, 11) is 0. The van der Waals surface area contributed by atoms with Gasteiger partial charge in [0, 0.05) is 27.9 Å². The highest BCUT2D eigenvalue weighted by atomic mass is 32.1. The van der Waals surface area contributed by atoms with Gasteiger partial charge in [0.15, 0.2) is 0 Å². The fraction of sp³-hybridized carbons (Fsp3) is 0.462. The molecule has 1 fully saturated rings. The zero-order valence-electron chi connectivity index (χ0n) is 20.3. The van der Waals surface area contributed by atoms with Gasteiger partial charge in [-0.2, -0.15) is 0 Å². The lowest BCUT2D eigenvalue weighted by atomic mass is 10.0. The second-order valence-electron chi connectivity index (χ2n) is 8.87. The van der Waals surface area contributed by atoms with Crippen LogP contribution in [0.15, 0.2) is 35.7 Å². The van der Waals surface area contributed by atoms with Gasteiger partial charge in [-0.15, -0.1) is 11.3 Å². The zero-order chi connectivity index (χ0) is 25.2. The number of carbonyl (C=O) groups excluding carboxylic acids is 3. The number of aryl methyl sites for hydroxylation is 1. The van der Waals surface area contributed by atoms with E-state index in [2.05, 4.69) is 17.6 Å². The number of nitrogens with two attached hydrogens (primary N) is 1. The van der Waals surface area contributed by atoms with Crippen molar-refractivity contribution in [3.63, 3.8) is 0 Å². The summed E-state index contributed by atoms with van der Waals surface area (Å²) in [6, 6.07) is 8.76. The zero-order valence-corrected chi connectivity index (χ0v) is 21.1. The molecule has 0 aliphatic carbocycles. The molecule has 2 aromatic rings. The van der Waals surface area contributed by atoms with E-state index in [0.29, 0.717) is 30.6 Å². The summed E-state index contributed by atoms with van der Waals surface area (Å²) in [4.78, 5) is 40.4. The molecule has 0 radical (unpaired) electrons. The van der Waals surface area contributed by atoms with E-state index in [0.717, 1.165) is 24.1 Å². The lowest BCUT2D eigenvalue weighted by molar-refractivity contribution is -0.137. The first-order valence-electron chi connectivity index (χ1n) is 12.2. The predicted octanol–water partition coefficient (Wildman–Crippen LogP) is 3.19. The number of unbranched alkanes of at least 4 members (excludes halogenated alkanes) is 3. The molecule has 3 amide bonds. The van der Waals surface area contributed by atoms with Gasteiger partial charge in [0.05, 0.1) is 13.1 Å². The highest BCUT2D eigenvalue weighted by molar-refractivity contribution is 7.10. The topological polar surface area (TPSA) is 128 Å². The fourth-order valence-corrected chi connectivity index (χ4v) is 5.01. The summed E-state index contributed by atoms with van der Waals surface area (Å²) in [5.41, 5.74) is 7.84. The fourth-order valence-electron chi connectivity index (χ4n) is 4.18. The second kappa shape index (κ2) is 13.0. The molecule has 1 aromatic heterocycles. The smallest absolute Gasteiger partial charge is 0.251 e. The third-order valence-corrected chi connectivity index (χ3v) is 7.15. The van der Waals surface area contributed by atoms with Crippen LogP contribution in [0.4, 0.5) is 0 Å². The van der Waals surface area contributed by atoms with Gasteiger partial charge in [0.2, 0.25) is 11.8 Å². The van der Waals surface area contributed by atoms with Gasteiger partial charge in [-0.3, -0.25) is 19.8 Å². The molecule has 5 N–H and O–H groups in total. The number of thiophene rings is 1. The number of hydrogen-bond acceptors (Lipinski definition) is 5. The number of amides is 3. The van der Waals surface area contributed by atoms with Crippen LogP contribution in [-0.2, 0) is 22.6 Å². The van der Waals surface area contributed by atoms with Crippen molar-refractivity contribution < 1.29 is 14.4 Å². The summed E-state index contributed by atoms with van der Waals surface area (Å²) in [5, 5.41) is 14.8. The molecule has 3 rings (SSSR count). The SMILES string of the molecule is CCCCCCc1ccc(C(=O)NCC(=O)N2CCC[C@H]2C(=O)NCc2cc(C(=N)N)cs2)cc1. The maximum atomic E-state index is 12.8. The van der Waals surface area contributed by atoms with E-state index >= 15 is 0 Å². The normalized spacial score (nSPS) is 15.1. The van der Waals surface area contributed by atoms with Crippen molar-refractivity contribution in [2.24, 2.45) is 5.73 Å². The summed E-state index contributed by atoms with van der Waals surface area (Å²) in [6.45, 7) is 2.86. The van der Waals surface area contributed by atoms with Gasteiger partial charge in [0.25, 0.3) is 5.91 Å². The van der Waals surface area contributed by atoms with Crippen molar-refractivity contribution in [2.75, 3.05) is 13.1 Å². The Morgan fingerprint density at radius 1 is 1.11 bits per heavy atom. The third kappa shape index (κ3) is 7.65. The number of amidine groups is 1. The molecule has 0 saturated carbocycles. The highest BCUT2D eigenvalue weighted by Crippen LogP contribution is 2.19. The Labute approximate surface area is 210 Å². The average Bonchev–Trinajstić information content (AvgIpc) is 3.54. The molecule has 9 heteroatoms. The Kier molecular flexibility index (Phi) is 9.84. The molecule has 35 heavy (non-hydrogen) atoms. The largest absolute Gasteiger partial charge is 0.384 e. The van der Waals surface area contributed by atoms with Crippen molar-refractivity contribution in [3.05, 3.63) is 57.3 Å². The van der Waals surface area contributed by atoms with Crippen LogP contribution in [0.3, 0.4) is 0 Å². The van der Waals surface area contributed by atoms with Gasteiger partial charge in [-0.25, -0.2) is 0 Å². The first-order chi connectivity index (χ1) is 16.9. The van der Waals surface area contributed by atoms with Crippen molar-refractivity contribution in [1.82, 2.24) is 15.5 Å². The molecular formula is C26H35N5O3S.